The summed E-state index contributed by atoms with van der Waals surface area (Å²) in [6, 6.07) is 4.35. The third-order valence-corrected chi connectivity index (χ3v) is 2.28. The van der Waals surface area contributed by atoms with Gasteiger partial charge in [0.15, 0.2) is 0 Å². The molecule has 0 atom stereocenters. The summed E-state index contributed by atoms with van der Waals surface area (Å²) >= 11 is 0. The maximum absolute atomic E-state index is 13.3. The number of nitrogens with zero attached hydrogens (tertiary/aromatic N) is 2. The fourth-order valence-corrected chi connectivity index (χ4v) is 1.50. The number of nitriles is 1. The van der Waals surface area contributed by atoms with Crippen molar-refractivity contribution in [3.63, 3.8) is 0 Å². The van der Waals surface area contributed by atoms with E-state index >= 15 is 0 Å². The highest BCUT2D eigenvalue weighted by molar-refractivity contribution is 5.96. The predicted octanol–water partition coefficient (Wildman–Crippen LogP) is 1.84. The van der Waals surface area contributed by atoms with E-state index < -0.39 is 5.82 Å². The molecule has 5 heteroatoms. The number of halogens is 1. The molecular weight excluding hydrogens is 209 g/mol. The SMILES string of the molecule is COc1cc(F)cc2c(N)c(C#N)cnc12. The normalized spacial score (nSPS) is 10.1. The van der Waals surface area contributed by atoms with E-state index in [4.69, 9.17) is 15.7 Å². The van der Waals surface area contributed by atoms with Gasteiger partial charge in [-0.05, 0) is 6.07 Å². The molecule has 0 aliphatic rings. The minimum absolute atomic E-state index is 0.213. The zero-order valence-corrected chi connectivity index (χ0v) is 8.49. The van der Waals surface area contributed by atoms with Gasteiger partial charge in [-0.1, -0.05) is 0 Å². The average molecular weight is 217 g/mol. The van der Waals surface area contributed by atoms with Gasteiger partial charge < -0.3 is 10.5 Å². The minimum atomic E-state index is -0.479. The van der Waals surface area contributed by atoms with Crippen molar-refractivity contribution in [3.05, 3.63) is 29.7 Å². The molecule has 80 valence electrons. The second-order valence-corrected chi connectivity index (χ2v) is 3.20. The van der Waals surface area contributed by atoms with Crippen molar-refractivity contribution in [2.75, 3.05) is 12.8 Å². The maximum Gasteiger partial charge on any atom is 0.148 e. The second-order valence-electron chi connectivity index (χ2n) is 3.20. The summed E-state index contributed by atoms with van der Waals surface area (Å²) in [7, 11) is 1.42. The first-order chi connectivity index (χ1) is 7.67. The van der Waals surface area contributed by atoms with Crippen molar-refractivity contribution >= 4 is 16.6 Å². The van der Waals surface area contributed by atoms with Crippen LogP contribution in [0.4, 0.5) is 10.1 Å². The fourth-order valence-electron chi connectivity index (χ4n) is 1.50. The van der Waals surface area contributed by atoms with Crippen LogP contribution >= 0.6 is 0 Å². The Morgan fingerprint density at radius 3 is 2.88 bits per heavy atom. The molecule has 2 aromatic rings. The number of ether oxygens (including phenoxy) is 1. The van der Waals surface area contributed by atoms with Crippen LogP contribution in [0.3, 0.4) is 0 Å². The number of rotatable bonds is 1. The van der Waals surface area contributed by atoms with Crippen molar-refractivity contribution in [3.8, 4) is 11.8 Å². The zero-order chi connectivity index (χ0) is 11.7. The number of hydrogen-bond donors (Lipinski definition) is 1. The number of pyridine rings is 1. The monoisotopic (exact) mass is 217 g/mol. The van der Waals surface area contributed by atoms with Crippen LogP contribution in [0.2, 0.25) is 0 Å². The third kappa shape index (κ3) is 1.41. The maximum atomic E-state index is 13.3. The van der Waals surface area contributed by atoms with Gasteiger partial charge in [-0.3, -0.25) is 4.98 Å². The summed E-state index contributed by atoms with van der Waals surface area (Å²) in [6.45, 7) is 0. The number of benzene rings is 1. The van der Waals surface area contributed by atoms with Crippen LogP contribution in [0.25, 0.3) is 10.9 Å². The number of nitrogen functional groups attached to an aromatic ring is 1. The molecule has 1 heterocycles. The first-order valence-corrected chi connectivity index (χ1v) is 4.49. The largest absolute Gasteiger partial charge is 0.494 e. The van der Waals surface area contributed by atoms with Crippen molar-refractivity contribution in [1.29, 1.82) is 5.26 Å². The third-order valence-electron chi connectivity index (χ3n) is 2.28. The second kappa shape index (κ2) is 3.66. The molecule has 0 spiro atoms. The van der Waals surface area contributed by atoms with Crippen molar-refractivity contribution in [1.82, 2.24) is 4.98 Å². The molecule has 0 aliphatic heterocycles. The zero-order valence-electron chi connectivity index (χ0n) is 8.49. The number of aromatic nitrogens is 1. The minimum Gasteiger partial charge on any atom is -0.494 e. The molecule has 0 unspecified atom stereocenters. The lowest BCUT2D eigenvalue weighted by atomic mass is 10.1. The number of hydrogen-bond acceptors (Lipinski definition) is 4. The van der Waals surface area contributed by atoms with Gasteiger partial charge >= 0.3 is 0 Å². The van der Waals surface area contributed by atoms with Gasteiger partial charge in [-0.25, -0.2) is 4.39 Å². The standard InChI is InChI=1S/C11H8FN3O/c1-16-9-3-7(12)2-8-10(14)6(4-13)5-15-11(8)9/h2-3,5H,1H3,(H2,14,15). The lowest BCUT2D eigenvalue weighted by Gasteiger charge is -2.07. The Balaban J connectivity index is 2.90. The molecule has 16 heavy (non-hydrogen) atoms. The van der Waals surface area contributed by atoms with Crippen LogP contribution in [0.1, 0.15) is 5.56 Å². The Morgan fingerprint density at radius 1 is 1.50 bits per heavy atom. The molecular formula is C11H8FN3O. The quantitative estimate of drug-likeness (QED) is 0.791. The molecule has 0 saturated heterocycles. The first kappa shape index (κ1) is 10.2. The average Bonchev–Trinajstić information content (AvgIpc) is 2.29. The molecule has 1 aromatic heterocycles. The van der Waals surface area contributed by atoms with Gasteiger partial charge in [-0.15, -0.1) is 0 Å². The lowest BCUT2D eigenvalue weighted by Crippen LogP contribution is -1.97. The molecule has 2 N–H and O–H groups in total. The summed E-state index contributed by atoms with van der Waals surface area (Å²) < 4.78 is 18.2. The van der Waals surface area contributed by atoms with Gasteiger partial charge in [0, 0.05) is 17.6 Å². The Labute approximate surface area is 91.1 Å². The molecule has 0 fully saturated rings. The molecule has 0 radical (unpaired) electrons. The molecule has 1 aromatic carbocycles. The van der Waals surface area contributed by atoms with Crippen LogP contribution in [0, 0.1) is 17.1 Å². The number of methoxy groups -OCH3 is 1. The highest BCUT2D eigenvalue weighted by Gasteiger charge is 2.11. The summed E-state index contributed by atoms with van der Waals surface area (Å²) in [4.78, 5) is 4.03. The van der Waals surface area contributed by atoms with Crippen LogP contribution in [-0.4, -0.2) is 12.1 Å². The molecule has 0 aliphatic carbocycles. The van der Waals surface area contributed by atoms with Crippen LogP contribution in [0.15, 0.2) is 18.3 Å². The Morgan fingerprint density at radius 2 is 2.25 bits per heavy atom. The van der Waals surface area contributed by atoms with Gasteiger partial charge in [0.25, 0.3) is 0 Å². The summed E-state index contributed by atoms with van der Waals surface area (Å²) in [5.41, 5.74) is 6.62. The molecule has 0 amide bonds. The van der Waals surface area contributed by atoms with Crippen molar-refractivity contribution in [2.24, 2.45) is 0 Å². The molecule has 0 bridgehead atoms. The lowest BCUT2D eigenvalue weighted by molar-refractivity contribution is 0.415. The van der Waals surface area contributed by atoms with E-state index in [0.29, 0.717) is 16.7 Å². The predicted molar refractivity (Wildman–Crippen MR) is 57.4 cm³/mol. The van der Waals surface area contributed by atoms with Crippen LogP contribution in [0.5, 0.6) is 5.75 Å². The van der Waals surface area contributed by atoms with E-state index in [0.717, 1.165) is 0 Å². The topological polar surface area (TPSA) is 71.9 Å². The smallest absolute Gasteiger partial charge is 0.148 e. The number of anilines is 1. The van der Waals surface area contributed by atoms with Gasteiger partial charge in [0.05, 0.1) is 18.4 Å². The van der Waals surface area contributed by atoms with Crippen molar-refractivity contribution in [2.45, 2.75) is 0 Å². The fraction of sp³-hybridized carbons (Fsp3) is 0.0909. The highest BCUT2D eigenvalue weighted by atomic mass is 19.1. The van der Waals surface area contributed by atoms with Crippen LogP contribution < -0.4 is 10.5 Å². The number of nitrogens with two attached hydrogens (primary N) is 1. The summed E-state index contributed by atoms with van der Waals surface area (Å²) in [5, 5.41) is 9.16. The van der Waals surface area contributed by atoms with Gasteiger partial charge in [-0.2, -0.15) is 5.26 Å². The van der Waals surface area contributed by atoms with E-state index in [1.54, 1.807) is 0 Å². The molecule has 4 nitrogen and oxygen atoms in total. The van der Waals surface area contributed by atoms with Gasteiger partial charge in [0.2, 0.25) is 0 Å². The summed E-state index contributed by atoms with van der Waals surface area (Å²) in [6.07, 6.45) is 1.35. The highest BCUT2D eigenvalue weighted by Crippen LogP contribution is 2.30. The Kier molecular flexibility index (Phi) is 2.33. The molecule has 0 saturated carbocycles. The van der Waals surface area contributed by atoms with E-state index in [9.17, 15) is 4.39 Å². The van der Waals surface area contributed by atoms with E-state index in [1.165, 1.54) is 25.4 Å². The van der Waals surface area contributed by atoms with E-state index in [1.807, 2.05) is 6.07 Å². The Hall–Kier alpha value is -2.35. The summed E-state index contributed by atoms with van der Waals surface area (Å²) in [5.74, 6) is -0.181. The van der Waals surface area contributed by atoms with Gasteiger partial charge in [0.1, 0.15) is 23.2 Å². The first-order valence-electron chi connectivity index (χ1n) is 4.49. The van der Waals surface area contributed by atoms with E-state index in [2.05, 4.69) is 4.98 Å². The Bertz CT molecular complexity index is 604. The number of fused-ring (bicyclic) bond motifs is 1. The molecule has 2 rings (SSSR count). The van der Waals surface area contributed by atoms with Crippen LogP contribution in [-0.2, 0) is 0 Å². The van der Waals surface area contributed by atoms with E-state index in [-0.39, 0.29) is 11.3 Å². The van der Waals surface area contributed by atoms with Crippen molar-refractivity contribution < 1.29 is 9.13 Å².